The van der Waals surface area contributed by atoms with Crippen molar-refractivity contribution in [1.29, 1.82) is 0 Å². The fourth-order valence-electron chi connectivity index (χ4n) is 5.07. The topological polar surface area (TPSA) is 107 Å². The number of carbonyl (C=O) groups excluding carboxylic acids is 2. The molecule has 0 aromatic rings. The lowest BCUT2D eigenvalue weighted by atomic mass is 9.79. The lowest BCUT2D eigenvalue weighted by molar-refractivity contribution is -0.167. The molecule has 0 saturated heterocycles. The Bertz CT molecular complexity index is 718. The Hall–Kier alpha value is -1.29. The molecule has 4 unspecified atom stereocenters. The first-order chi connectivity index (χ1) is 13.6. The van der Waals surface area contributed by atoms with Crippen LogP contribution in [0.25, 0.3) is 0 Å². The van der Waals surface area contributed by atoms with Gasteiger partial charge in [0.15, 0.2) is 0 Å². The zero-order valence-corrected chi connectivity index (χ0v) is 17.0. The van der Waals surface area contributed by atoms with E-state index in [1.165, 1.54) is 0 Å². The molecular weight excluding hydrogens is 410 g/mol. The van der Waals surface area contributed by atoms with Crippen LogP contribution in [0.15, 0.2) is 0 Å². The summed E-state index contributed by atoms with van der Waals surface area (Å²) >= 11 is 0. The molecule has 0 spiro atoms. The molecule has 1 N–H and O–H groups in total. The minimum absolute atomic E-state index is 0.0238. The Morgan fingerprint density at radius 1 is 0.966 bits per heavy atom. The average molecular weight is 438 g/mol. The summed E-state index contributed by atoms with van der Waals surface area (Å²) in [6.07, 6.45) is 5.61. The third-order valence-electron chi connectivity index (χ3n) is 6.53. The highest BCUT2D eigenvalue weighted by atomic mass is 32.2. The van der Waals surface area contributed by atoms with Crippen LogP contribution >= 0.6 is 0 Å². The summed E-state index contributed by atoms with van der Waals surface area (Å²) < 4.78 is 66.9. The SMILES string of the molecule is O=C(OCCCC(F)(F)S(=O)(=O)O)C1C2CCC(C2)C1C(=O)OC1CCCCC1. The standard InChI is InChI=1S/C19H28F2O7S/c20-19(21,29(24,25)26)9-4-10-27-17(22)15-12-7-8-13(11-12)16(15)18(23)28-14-5-2-1-3-6-14/h12-16H,1-11H2,(H,24,25,26). The molecule has 0 amide bonds. The van der Waals surface area contributed by atoms with Crippen LogP contribution < -0.4 is 0 Å². The molecule has 29 heavy (non-hydrogen) atoms. The van der Waals surface area contributed by atoms with Crippen molar-refractivity contribution in [2.24, 2.45) is 23.7 Å². The predicted molar refractivity (Wildman–Crippen MR) is 97.5 cm³/mol. The largest absolute Gasteiger partial charge is 0.465 e. The van der Waals surface area contributed by atoms with Gasteiger partial charge < -0.3 is 9.47 Å². The van der Waals surface area contributed by atoms with E-state index in [4.69, 9.17) is 14.0 Å². The fraction of sp³-hybridized carbons (Fsp3) is 0.895. The zero-order valence-electron chi connectivity index (χ0n) is 16.2. The molecule has 10 heteroatoms. The molecule has 0 heterocycles. The maximum Gasteiger partial charge on any atom is 0.370 e. The molecule has 3 saturated carbocycles. The minimum Gasteiger partial charge on any atom is -0.465 e. The summed E-state index contributed by atoms with van der Waals surface area (Å²) in [7, 11) is -5.49. The molecule has 0 aromatic heterocycles. The highest BCUT2D eigenvalue weighted by Crippen LogP contribution is 2.53. The summed E-state index contributed by atoms with van der Waals surface area (Å²) in [5, 5.41) is -4.28. The van der Waals surface area contributed by atoms with Crippen LogP contribution in [0.4, 0.5) is 8.78 Å². The number of ether oxygens (including phenoxy) is 2. The fourth-order valence-corrected chi connectivity index (χ4v) is 5.47. The normalized spacial score (nSPS) is 30.3. The van der Waals surface area contributed by atoms with Gasteiger partial charge in [0.1, 0.15) is 6.10 Å². The monoisotopic (exact) mass is 438 g/mol. The summed E-state index contributed by atoms with van der Waals surface area (Å²) in [5.41, 5.74) is 0. The van der Waals surface area contributed by atoms with Crippen LogP contribution in [-0.2, 0) is 29.2 Å². The van der Waals surface area contributed by atoms with E-state index in [-0.39, 0.29) is 23.9 Å². The second kappa shape index (κ2) is 8.83. The van der Waals surface area contributed by atoms with Crippen molar-refractivity contribution >= 4 is 22.1 Å². The summed E-state index contributed by atoms with van der Waals surface area (Å²) in [5.74, 6) is -2.05. The number of halogens is 2. The van der Waals surface area contributed by atoms with Crippen LogP contribution in [0.5, 0.6) is 0 Å². The van der Waals surface area contributed by atoms with Gasteiger partial charge in [0, 0.05) is 6.42 Å². The molecule has 2 bridgehead atoms. The number of rotatable bonds is 8. The van der Waals surface area contributed by atoms with E-state index in [1.54, 1.807) is 0 Å². The van der Waals surface area contributed by atoms with E-state index >= 15 is 0 Å². The third-order valence-corrected chi connectivity index (χ3v) is 7.49. The van der Waals surface area contributed by atoms with Gasteiger partial charge in [0.2, 0.25) is 0 Å². The van der Waals surface area contributed by atoms with Crippen LogP contribution in [0.2, 0.25) is 0 Å². The van der Waals surface area contributed by atoms with E-state index in [0.717, 1.165) is 51.4 Å². The van der Waals surface area contributed by atoms with Crippen molar-refractivity contribution in [2.75, 3.05) is 6.61 Å². The molecule has 3 rings (SSSR count). The highest BCUT2D eigenvalue weighted by molar-refractivity contribution is 7.86. The van der Waals surface area contributed by atoms with Gasteiger partial charge in [0.25, 0.3) is 0 Å². The van der Waals surface area contributed by atoms with Crippen molar-refractivity contribution in [2.45, 2.75) is 75.6 Å². The Labute approximate surface area is 169 Å². The molecule has 3 aliphatic carbocycles. The molecule has 3 aliphatic rings. The van der Waals surface area contributed by atoms with Gasteiger partial charge in [0.05, 0.1) is 18.4 Å². The summed E-state index contributed by atoms with van der Waals surface area (Å²) in [4.78, 5) is 25.3. The first-order valence-electron chi connectivity index (χ1n) is 10.3. The average Bonchev–Trinajstić information content (AvgIpc) is 3.26. The van der Waals surface area contributed by atoms with Gasteiger partial charge in [-0.25, -0.2) is 0 Å². The Morgan fingerprint density at radius 2 is 1.55 bits per heavy atom. The van der Waals surface area contributed by atoms with Crippen molar-refractivity contribution in [1.82, 2.24) is 0 Å². The van der Waals surface area contributed by atoms with E-state index in [1.807, 2.05) is 0 Å². The van der Waals surface area contributed by atoms with Gasteiger partial charge in [-0.1, -0.05) is 6.42 Å². The van der Waals surface area contributed by atoms with Gasteiger partial charge in [-0.3, -0.25) is 14.1 Å². The second-order valence-electron chi connectivity index (χ2n) is 8.47. The molecule has 0 aromatic carbocycles. The maximum absolute atomic E-state index is 13.2. The maximum atomic E-state index is 13.2. The highest BCUT2D eigenvalue weighted by Gasteiger charge is 2.55. The van der Waals surface area contributed by atoms with Crippen LogP contribution in [0.3, 0.4) is 0 Å². The predicted octanol–water partition coefficient (Wildman–Crippen LogP) is 3.33. The Morgan fingerprint density at radius 3 is 2.14 bits per heavy atom. The van der Waals surface area contributed by atoms with Crippen molar-refractivity contribution < 1.29 is 40.8 Å². The van der Waals surface area contributed by atoms with Crippen molar-refractivity contribution in [3.8, 4) is 0 Å². The quantitative estimate of drug-likeness (QED) is 0.352. The molecule has 7 nitrogen and oxygen atoms in total. The number of hydrogen-bond donors (Lipinski definition) is 1. The van der Waals surface area contributed by atoms with Crippen LogP contribution in [0.1, 0.15) is 64.2 Å². The van der Waals surface area contributed by atoms with E-state index in [2.05, 4.69) is 0 Å². The van der Waals surface area contributed by atoms with E-state index in [9.17, 15) is 26.8 Å². The van der Waals surface area contributed by atoms with Gasteiger partial charge >= 0.3 is 27.3 Å². The molecular formula is C19H28F2O7S. The lowest BCUT2D eigenvalue weighted by Crippen LogP contribution is -2.38. The first-order valence-corrected chi connectivity index (χ1v) is 11.8. The summed E-state index contributed by atoms with van der Waals surface area (Å²) in [6.45, 7) is -0.401. The minimum atomic E-state index is -5.49. The van der Waals surface area contributed by atoms with E-state index < -0.39 is 52.6 Å². The molecule has 4 atom stereocenters. The number of alkyl halides is 2. The second-order valence-corrected chi connectivity index (χ2v) is 10.0. The van der Waals surface area contributed by atoms with Crippen molar-refractivity contribution in [3.05, 3.63) is 0 Å². The zero-order chi connectivity index (χ0) is 21.2. The third kappa shape index (κ3) is 5.07. The van der Waals surface area contributed by atoms with Gasteiger partial charge in [-0.05, 0) is 63.2 Å². The molecule has 0 radical (unpaired) electrons. The lowest BCUT2D eigenvalue weighted by Gasteiger charge is -2.30. The van der Waals surface area contributed by atoms with Gasteiger partial charge in [-0.2, -0.15) is 17.2 Å². The number of hydrogen-bond acceptors (Lipinski definition) is 6. The first kappa shape index (κ1) is 22.4. The number of fused-ring (bicyclic) bond motifs is 2. The molecule has 3 fully saturated rings. The Balaban J connectivity index is 1.53. The smallest absolute Gasteiger partial charge is 0.370 e. The van der Waals surface area contributed by atoms with E-state index in [0.29, 0.717) is 0 Å². The Kier molecular flexibility index (Phi) is 6.82. The molecule has 166 valence electrons. The number of carbonyl (C=O) groups is 2. The van der Waals surface area contributed by atoms with Crippen molar-refractivity contribution in [3.63, 3.8) is 0 Å². The van der Waals surface area contributed by atoms with Gasteiger partial charge in [-0.15, -0.1) is 0 Å². The van der Waals surface area contributed by atoms with Crippen LogP contribution in [0, 0.1) is 23.7 Å². The summed E-state index contributed by atoms with van der Waals surface area (Å²) in [6, 6.07) is 0. The van der Waals surface area contributed by atoms with Crippen LogP contribution in [-0.4, -0.2) is 42.9 Å². The molecule has 0 aliphatic heterocycles. The number of esters is 2.